The van der Waals surface area contributed by atoms with Gasteiger partial charge in [0.05, 0.1) is 5.69 Å². The van der Waals surface area contributed by atoms with Crippen LogP contribution >= 0.6 is 0 Å². The fourth-order valence-corrected chi connectivity index (χ4v) is 2.67. The number of imidazole rings is 1. The summed E-state index contributed by atoms with van der Waals surface area (Å²) < 4.78 is 2.05. The molecule has 4 heteroatoms. The van der Waals surface area contributed by atoms with E-state index in [4.69, 9.17) is 0 Å². The quantitative estimate of drug-likeness (QED) is 0.523. The summed E-state index contributed by atoms with van der Waals surface area (Å²) in [5.41, 5.74) is 3.08. The largest absolute Gasteiger partial charge is 0.304 e. The number of hydrogen-bond acceptors (Lipinski definition) is 3. The van der Waals surface area contributed by atoms with Crippen LogP contribution in [0.3, 0.4) is 0 Å². The number of aliphatic imine (C=N–C) groups is 1. The molecular formula is C20H16N4. The molecule has 0 spiro atoms. The van der Waals surface area contributed by atoms with E-state index < -0.39 is 0 Å². The van der Waals surface area contributed by atoms with Gasteiger partial charge in [-0.05, 0) is 48.2 Å². The van der Waals surface area contributed by atoms with Gasteiger partial charge in [-0.1, -0.05) is 18.2 Å². The van der Waals surface area contributed by atoms with Crippen molar-refractivity contribution < 1.29 is 0 Å². The van der Waals surface area contributed by atoms with E-state index in [1.807, 2.05) is 43.7 Å². The Balaban J connectivity index is 1.57. The van der Waals surface area contributed by atoms with E-state index in [1.54, 1.807) is 12.4 Å². The molecule has 0 unspecified atom stereocenters. The lowest BCUT2D eigenvalue weighted by atomic mass is 10.1. The van der Waals surface area contributed by atoms with E-state index in [0.717, 1.165) is 28.1 Å². The summed E-state index contributed by atoms with van der Waals surface area (Å²) in [7, 11) is 0. The maximum atomic E-state index is 4.56. The molecule has 0 amide bonds. The van der Waals surface area contributed by atoms with Crippen LogP contribution in [-0.4, -0.2) is 20.7 Å². The maximum Gasteiger partial charge on any atom is 0.110 e. The minimum absolute atomic E-state index is 0.921. The lowest BCUT2D eigenvalue weighted by Gasteiger charge is -2.04. The van der Waals surface area contributed by atoms with Gasteiger partial charge < -0.3 is 4.57 Å². The summed E-state index contributed by atoms with van der Waals surface area (Å²) in [5, 5.41) is 2.27. The van der Waals surface area contributed by atoms with E-state index in [1.165, 1.54) is 5.39 Å². The van der Waals surface area contributed by atoms with Gasteiger partial charge in [0.2, 0.25) is 0 Å². The third-order valence-electron chi connectivity index (χ3n) is 3.98. The minimum Gasteiger partial charge on any atom is -0.304 e. The average Bonchev–Trinajstić information content (AvgIpc) is 3.06. The van der Waals surface area contributed by atoms with Crippen LogP contribution in [0.15, 0.2) is 78.3 Å². The molecule has 0 saturated carbocycles. The summed E-state index contributed by atoms with van der Waals surface area (Å²) in [6.07, 6.45) is 9.30. The van der Waals surface area contributed by atoms with Crippen LogP contribution < -0.4 is 0 Å². The number of rotatable bonds is 3. The lowest BCUT2D eigenvalue weighted by Crippen LogP contribution is -1.95. The summed E-state index contributed by atoms with van der Waals surface area (Å²) in [4.78, 5) is 13.0. The minimum atomic E-state index is 0.921. The van der Waals surface area contributed by atoms with Crippen molar-refractivity contribution in [3.05, 3.63) is 84.7 Å². The molecule has 4 nitrogen and oxygen atoms in total. The molecule has 2 heterocycles. The molecular weight excluding hydrogens is 296 g/mol. The Morgan fingerprint density at radius 2 is 1.83 bits per heavy atom. The zero-order valence-electron chi connectivity index (χ0n) is 13.3. The number of aromatic nitrogens is 3. The SMILES string of the molecule is Cc1nccn1-c1ccc(C=Nc2ccc3ccncc3c2)cc1. The van der Waals surface area contributed by atoms with Gasteiger partial charge >= 0.3 is 0 Å². The molecule has 0 saturated heterocycles. The van der Waals surface area contributed by atoms with Gasteiger partial charge in [-0.25, -0.2) is 4.98 Å². The second-order valence-corrected chi connectivity index (χ2v) is 5.60. The predicted molar refractivity (Wildman–Crippen MR) is 97.3 cm³/mol. The molecule has 0 radical (unpaired) electrons. The van der Waals surface area contributed by atoms with E-state index in [9.17, 15) is 0 Å². The first kappa shape index (κ1) is 14.3. The molecule has 2 aromatic heterocycles. The number of pyridine rings is 1. The lowest BCUT2D eigenvalue weighted by molar-refractivity contribution is 0.975. The summed E-state index contributed by atoms with van der Waals surface area (Å²) in [5.74, 6) is 0.973. The first-order chi connectivity index (χ1) is 11.8. The van der Waals surface area contributed by atoms with E-state index in [0.29, 0.717) is 0 Å². The normalized spacial score (nSPS) is 11.4. The van der Waals surface area contributed by atoms with Crippen LogP contribution in [0, 0.1) is 6.92 Å². The van der Waals surface area contributed by atoms with Gasteiger partial charge in [-0.2, -0.15) is 0 Å². The van der Waals surface area contributed by atoms with Crippen molar-refractivity contribution in [3.8, 4) is 5.69 Å². The second kappa shape index (κ2) is 6.08. The highest BCUT2D eigenvalue weighted by molar-refractivity contribution is 5.87. The Hall–Kier alpha value is -3.27. The van der Waals surface area contributed by atoms with Gasteiger partial charge in [-0.3, -0.25) is 9.98 Å². The van der Waals surface area contributed by atoms with Gasteiger partial charge in [0.25, 0.3) is 0 Å². The van der Waals surface area contributed by atoms with Crippen molar-refractivity contribution in [2.24, 2.45) is 4.99 Å². The first-order valence-corrected chi connectivity index (χ1v) is 7.78. The monoisotopic (exact) mass is 312 g/mol. The Morgan fingerprint density at radius 1 is 0.958 bits per heavy atom. The molecule has 24 heavy (non-hydrogen) atoms. The molecule has 0 N–H and O–H groups in total. The van der Waals surface area contributed by atoms with E-state index >= 15 is 0 Å². The van der Waals surface area contributed by atoms with Crippen LogP contribution in [0.25, 0.3) is 16.5 Å². The zero-order valence-corrected chi connectivity index (χ0v) is 13.3. The maximum absolute atomic E-state index is 4.56. The van der Waals surface area contributed by atoms with Crippen molar-refractivity contribution in [2.45, 2.75) is 6.92 Å². The molecule has 0 atom stereocenters. The Labute approximate surface area is 140 Å². The fourth-order valence-electron chi connectivity index (χ4n) is 2.67. The van der Waals surface area contributed by atoms with E-state index in [-0.39, 0.29) is 0 Å². The standard InChI is InChI=1S/C20H16N4/c1-15-22-10-11-24(15)20-6-2-16(3-7-20)13-23-19-5-4-17-8-9-21-14-18(17)12-19/h2-14H,1H3. The fraction of sp³-hybridized carbons (Fsp3) is 0.0500. The number of nitrogens with zero attached hydrogens (tertiary/aromatic N) is 4. The summed E-state index contributed by atoms with van der Waals surface area (Å²) in [6.45, 7) is 1.99. The highest BCUT2D eigenvalue weighted by Crippen LogP contribution is 2.20. The molecule has 0 fully saturated rings. The number of aryl methyl sites for hydroxylation is 1. The Morgan fingerprint density at radius 3 is 2.62 bits per heavy atom. The molecule has 0 aliphatic heterocycles. The van der Waals surface area contributed by atoms with Crippen LogP contribution in [0.4, 0.5) is 5.69 Å². The molecule has 0 aliphatic rings. The molecule has 2 aromatic carbocycles. The third kappa shape index (κ3) is 2.82. The van der Waals surface area contributed by atoms with Crippen LogP contribution in [0.1, 0.15) is 11.4 Å². The number of hydrogen-bond donors (Lipinski definition) is 0. The number of benzene rings is 2. The molecule has 4 aromatic rings. The van der Waals surface area contributed by atoms with Crippen molar-refractivity contribution in [3.63, 3.8) is 0 Å². The predicted octanol–water partition coefficient (Wildman–Crippen LogP) is 4.48. The van der Waals surface area contributed by atoms with Crippen LogP contribution in [0.2, 0.25) is 0 Å². The molecule has 116 valence electrons. The van der Waals surface area contributed by atoms with Crippen LogP contribution in [0.5, 0.6) is 0 Å². The van der Waals surface area contributed by atoms with Crippen molar-refractivity contribution >= 4 is 22.7 Å². The van der Waals surface area contributed by atoms with E-state index in [2.05, 4.69) is 49.9 Å². The summed E-state index contributed by atoms with van der Waals surface area (Å²) in [6, 6.07) is 16.4. The summed E-state index contributed by atoms with van der Waals surface area (Å²) >= 11 is 0. The Bertz CT molecular complexity index is 1010. The highest BCUT2D eigenvalue weighted by atomic mass is 15.1. The highest BCUT2D eigenvalue weighted by Gasteiger charge is 2.00. The Kier molecular flexibility index (Phi) is 3.63. The van der Waals surface area contributed by atoms with Crippen molar-refractivity contribution in [2.75, 3.05) is 0 Å². The smallest absolute Gasteiger partial charge is 0.110 e. The van der Waals surface area contributed by atoms with Crippen molar-refractivity contribution in [1.82, 2.24) is 14.5 Å². The molecule has 4 rings (SSSR count). The van der Waals surface area contributed by atoms with Gasteiger partial charge in [-0.15, -0.1) is 0 Å². The number of fused-ring (bicyclic) bond motifs is 1. The third-order valence-corrected chi connectivity index (χ3v) is 3.98. The zero-order chi connectivity index (χ0) is 16.4. The topological polar surface area (TPSA) is 43.1 Å². The second-order valence-electron chi connectivity index (χ2n) is 5.60. The van der Waals surface area contributed by atoms with Crippen molar-refractivity contribution in [1.29, 1.82) is 0 Å². The van der Waals surface area contributed by atoms with Gasteiger partial charge in [0, 0.05) is 42.1 Å². The average molecular weight is 312 g/mol. The molecule has 0 bridgehead atoms. The van der Waals surface area contributed by atoms with Gasteiger partial charge in [0.1, 0.15) is 5.82 Å². The van der Waals surface area contributed by atoms with Gasteiger partial charge in [0.15, 0.2) is 0 Å². The first-order valence-electron chi connectivity index (χ1n) is 7.78. The van der Waals surface area contributed by atoms with Crippen LogP contribution in [-0.2, 0) is 0 Å². The molecule has 0 aliphatic carbocycles.